The number of carbonyl (C=O) groups is 1. The van der Waals surface area contributed by atoms with Gasteiger partial charge in [0.1, 0.15) is 5.78 Å². The van der Waals surface area contributed by atoms with Crippen LogP contribution in [0, 0.1) is 0 Å². The Morgan fingerprint density at radius 2 is 2.05 bits per heavy atom. The third-order valence-electron chi connectivity index (χ3n) is 2.74. The lowest BCUT2D eigenvalue weighted by atomic mass is 10.1. The van der Waals surface area contributed by atoms with Gasteiger partial charge in [-0.3, -0.25) is 9.36 Å². The van der Waals surface area contributed by atoms with Crippen molar-refractivity contribution in [2.75, 3.05) is 11.5 Å². The van der Waals surface area contributed by atoms with Crippen LogP contribution in [0.4, 0.5) is 5.95 Å². The number of rotatable bonds is 6. The van der Waals surface area contributed by atoms with Gasteiger partial charge >= 0.3 is 0 Å². The molecular formula is C13H15ClN4OS. The van der Waals surface area contributed by atoms with E-state index in [0.29, 0.717) is 34.8 Å². The Labute approximate surface area is 126 Å². The van der Waals surface area contributed by atoms with Gasteiger partial charge in [-0.25, -0.2) is 0 Å². The number of halogens is 1. The van der Waals surface area contributed by atoms with Crippen molar-refractivity contribution in [1.82, 2.24) is 14.8 Å². The van der Waals surface area contributed by atoms with Crippen LogP contribution in [0.15, 0.2) is 29.4 Å². The molecule has 20 heavy (non-hydrogen) atoms. The molecule has 1 heterocycles. The molecule has 1 aromatic carbocycles. The largest absolute Gasteiger partial charge is 0.368 e. The second-order valence-electron chi connectivity index (χ2n) is 4.22. The van der Waals surface area contributed by atoms with Gasteiger partial charge in [0.2, 0.25) is 5.95 Å². The summed E-state index contributed by atoms with van der Waals surface area (Å²) in [4.78, 5) is 11.9. The van der Waals surface area contributed by atoms with E-state index in [0.717, 1.165) is 5.56 Å². The Hall–Kier alpha value is -1.53. The van der Waals surface area contributed by atoms with E-state index in [9.17, 15) is 4.79 Å². The van der Waals surface area contributed by atoms with Crippen molar-refractivity contribution >= 4 is 35.1 Å². The highest BCUT2D eigenvalue weighted by Crippen LogP contribution is 2.18. The number of benzene rings is 1. The maximum atomic E-state index is 11.9. The van der Waals surface area contributed by atoms with Gasteiger partial charge in [-0.2, -0.15) is 0 Å². The van der Waals surface area contributed by atoms with E-state index in [4.69, 9.17) is 17.3 Å². The molecule has 0 saturated heterocycles. The van der Waals surface area contributed by atoms with E-state index >= 15 is 0 Å². The van der Waals surface area contributed by atoms with Crippen LogP contribution >= 0.6 is 23.4 Å². The summed E-state index contributed by atoms with van der Waals surface area (Å²) in [6, 6.07) is 7.28. The van der Waals surface area contributed by atoms with Gasteiger partial charge in [-0.15, -0.1) is 10.2 Å². The number of nitrogens with two attached hydrogens (primary N) is 1. The summed E-state index contributed by atoms with van der Waals surface area (Å²) in [6.45, 7) is 2.64. The Kier molecular flexibility index (Phi) is 5.03. The zero-order chi connectivity index (χ0) is 14.5. The average Bonchev–Trinajstić information content (AvgIpc) is 2.79. The van der Waals surface area contributed by atoms with Crippen molar-refractivity contribution < 1.29 is 4.79 Å². The molecule has 2 N–H and O–H groups in total. The second-order valence-corrected chi connectivity index (χ2v) is 5.59. The predicted octanol–water partition coefficient (Wildman–Crippen LogP) is 2.44. The minimum absolute atomic E-state index is 0.126. The molecule has 0 amide bonds. The molecule has 0 unspecified atom stereocenters. The van der Waals surface area contributed by atoms with Crippen LogP contribution in [-0.2, 0) is 17.8 Å². The first-order valence-corrected chi connectivity index (χ1v) is 7.54. The highest BCUT2D eigenvalue weighted by Gasteiger charge is 2.11. The van der Waals surface area contributed by atoms with Crippen LogP contribution in [0.3, 0.4) is 0 Å². The molecule has 0 aliphatic carbocycles. The van der Waals surface area contributed by atoms with Gasteiger partial charge in [0.15, 0.2) is 5.16 Å². The van der Waals surface area contributed by atoms with E-state index in [2.05, 4.69) is 10.2 Å². The molecule has 0 bridgehead atoms. The SMILES string of the molecule is CCn1c(N)nnc1SCC(=O)Cc1ccc(Cl)cc1. The van der Waals surface area contributed by atoms with Crippen molar-refractivity contribution in [2.45, 2.75) is 25.0 Å². The number of Topliss-reactive ketones (excluding diaryl/α,β-unsaturated/α-hetero) is 1. The molecule has 1 aromatic heterocycles. The zero-order valence-corrected chi connectivity index (χ0v) is 12.6. The third-order valence-corrected chi connectivity index (χ3v) is 4.02. The number of aromatic nitrogens is 3. The highest BCUT2D eigenvalue weighted by atomic mass is 35.5. The third kappa shape index (κ3) is 3.74. The summed E-state index contributed by atoms with van der Waals surface area (Å²) >= 11 is 7.16. The molecule has 2 aromatic rings. The van der Waals surface area contributed by atoms with Gasteiger partial charge < -0.3 is 5.73 Å². The van der Waals surface area contributed by atoms with Crippen LogP contribution in [0.5, 0.6) is 0 Å². The number of nitrogens with zero attached hydrogens (tertiary/aromatic N) is 3. The molecule has 106 valence electrons. The summed E-state index contributed by atoms with van der Waals surface area (Å²) < 4.78 is 1.78. The average molecular weight is 311 g/mol. The van der Waals surface area contributed by atoms with E-state index in [1.54, 1.807) is 16.7 Å². The first-order valence-electron chi connectivity index (χ1n) is 6.17. The van der Waals surface area contributed by atoms with E-state index in [1.807, 2.05) is 19.1 Å². The van der Waals surface area contributed by atoms with Crippen molar-refractivity contribution in [1.29, 1.82) is 0 Å². The van der Waals surface area contributed by atoms with Crippen molar-refractivity contribution in [2.24, 2.45) is 0 Å². The fourth-order valence-electron chi connectivity index (χ4n) is 1.73. The summed E-state index contributed by atoms with van der Waals surface area (Å²) in [6.07, 6.45) is 0.389. The van der Waals surface area contributed by atoms with Crippen molar-refractivity contribution in [3.05, 3.63) is 34.9 Å². The molecular weight excluding hydrogens is 296 g/mol. The molecule has 0 fully saturated rings. The zero-order valence-electron chi connectivity index (χ0n) is 11.0. The first kappa shape index (κ1) is 14.9. The predicted molar refractivity (Wildman–Crippen MR) is 81.0 cm³/mol. The molecule has 0 atom stereocenters. The van der Waals surface area contributed by atoms with Crippen molar-refractivity contribution in [3.63, 3.8) is 0 Å². The lowest BCUT2D eigenvalue weighted by Gasteiger charge is -2.04. The first-order chi connectivity index (χ1) is 9.60. The van der Waals surface area contributed by atoms with Gasteiger partial charge in [-0.05, 0) is 24.6 Å². The minimum Gasteiger partial charge on any atom is -0.368 e. The molecule has 0 radical (unpaired) electrons. The molecule has 0 aliphatic heterocycles. The van der Waals surface area contributed by atoms with E-state index in [1.165, 1.54) is 11.8 Å². The molecule has 0 spiro atoms. The lowest BCUT2D eigenvalue weighted by Crippen LogP contribution is -2.08. The normalized spacial score (nSPS) is 10.7. The maximum absolute atomic E-state index is 11.9. The fourth-order valence-corrected chi connectivity index (χ4v) is 2.73. The van der Waals surface area contributed by atoms with Gasteiger partial charge in [-0.1, -0.05) is 35.5 Å². The van der Waals surface area contributed by atoms with Gasteiger partial charge in [0.05, 0.1) is 5.75 Å². The number of anilines is 1. The van der Waals surface area contributed by atoms with Crippen LogP contribution in [0.2, 0.25) is 5.02 Å². The quantitative estimate of drug-likeness (QED) is 0.830. The van der Waals surface area contributed by atoms with Crippen LogP contribution < -0.4 is 5.73 Å². The molecule has 2 rings (SSSR count). The Bertz CT molecular complexity index is 597. The number of thioether (sulfide) groups is 1. The number of hydrogen-bond donors (Lipinski definition) is 1. The van der Waals surface area contributed by atoms with E-state index in [-0.39, 0.29) is 5.78 Å². The minimum atomic E-state index is 0.126. The maximum Gasteiger partial charge on any atom is 0.222 e. The van der Waals surface area contributed by atoms with Gasteiger partial charge in [0, 0.05) is 18.0 Å². The Morgan fingerprint density at radius 1 is 1.35 bits per heavy atom. The molecule has 0 aliphatic rings. The summed E-state index contributed by atoms with van der Waals surface area (Å²) in [5.41, 5.74) is 6.63. The summed E-state index contributed by atoms with van der Waals surface area (Å²) in [5, 5.41) is 9.11. The number of hydrogen-bond acceptors (Lipinski definition) is 5. The Balaban J connectivity index is 1.90. The molecule has 7 heteroatoms. The lowest BCUT2D eigenvalue weighted by molar-refractivity contribution is -0.116. The fraction of sp³-hybridized carbons (Fsp3) is 0.308. The summed E-state index contributed by atoms with van der Waals surface area (Å²) in [5.74, 6) is 0.850. The standard InChI is InChI=1S/C13H15ClN4OS/c1-2-18-12(15)16-17-13(18)20-8-11(19)7-9-3-5-10(14)6-4-9/h3-6H,2,7-8H2,1H3,(H2,15,16). The highest BCUT2D eigenvalue weighted by molar-refractivity contribution is 7.99. The number of ketones is 1. The summed E-state index contributed by atoms with van der Waals surface area (Å²) in [7, 11) is 0. The number of carbonyl (C=O) groups excluding carboxylic acids is 1. The molecule has 5 nitrogen and oxygen atoms in total. The number of nitrogen functional groups attached to an aromatic ring is 1. The van der Waals surface area contributed by atoms with Crippen molar-refractivity contribution in [3.8, 4) is 0 Å². The van der Waals surface area contributed by atoms with Crippen LogP contribution in [0.25, 0.3) is 0 Å². The smallest absolute Gasteiger partial charge is 0.222 e. The van der Waals surface area contributed by atoms with Crippen LogP contribution in [0.1, 0.15) is 12.5 Å². The Morgan fingerprint density at radius 3 is 2.70 bits per heavy atom. The van der Waals surface area contributed by atoms with Crippen LogP contribution in [-0.4, -0.2) is 26.3 Å². The van der Waals surface area contributed by atoms with E-state index < -0.39 is 0 Å². The topological polar surface area (TPSA) is 73.8 Å². The monoisotopic (exact) mass is 310 g/mol. The second kappa shape index (κ2) is 6.76. The van der Waals surface area contributed by atoms with Gasteiger partial charge in [0.25, 0.3) is 0 Å². The molecule has 0 saturated carbocycles.